The zero-order valence-electron chi connectivity index (χ0n) is 13.9. The molecule has 0 unspecified atom stereocenters. The van der Waals surface area contributed by atoms with Crippen molar-refractivity contribution in [2.75, 3.05) is 38.3 Å². The Bertz CT molecular complexity index is 526. The van der Waals surface area contributed by atoms with E-state index in [1.807, 2.05) is 0 Å². The van der Waals surface area contributed by atoms with Crippen LogP contribution in [0.15, 0.2) is 24.3 Å². The molecule has 2 amide bonds. The van der Waals surface area contributed by atoms with Gasteiger partial charge in [0.15, 0.2) is 6.61 Å². The van der Waals surface area contributed by atoms with Gasteiger partial charge in [-0.3, -0.25) is 0 Å². The van der Waals surface area contributed by atoms with Crippen molar-refractivity contribution < 1.29 is 23.8 Å². The highest BCUT2D eigenvalue weighted by atomic mass is 16.6. The standard InChI is InChI=1S/C17H24N2O5/c1-2-23-16(20)12-24-15-5-3-14(4-6-15)19-17(21)18-11-13-7-9-22-10-8-13/h3-6,13H,2,7-12H2,1H3,(H2,18,19,21). The maximum Gasteiger partial charge on any atom is 0.344 e. The minimum absolute atomic E-state index is 0.133. The quantitative estimate of drug-likeness (QED) is 0.745. The predicted molar refractivity (Wildman–Crippen MR) is 89.1 cm³/mol. The normalized spacial score (nSPS) is 14.7. The summed E-state index contributed by atoms with van der Waals surface area (Å²) in [5, 5.41) is 5.64. The van der Waals surface area contributed by atoms with Crippen molar-refractivity contribution in [1.82, 2.24) is 5.32 Å². The number of ether oxygens (including phenoxy) is 3. The third kappa shape index (κ3) is 6.45. The number of nitrogens with one attached hydrogen (secondary N) is 2. The molecule has 1 heterocycles. The number of urea groups is 1. The molecular formula is C17H24N2O5. The summed E-state index contributed by atoms with van der Waals surface area (Å²) < 4.78 is 15.4. The summed E-state index contributed by atoms with van der Waals surface area (Å²) in [6, 6.07) is 6.57. The molecule has 1 aliphatic rings. The van der Waals surface area contributed by atoms with E-state index in [9.17, 15) is 9.59 Å². The Hall–Kier alpha value is -2.28. The van der Waals surface area contributed by atoms with Gasteiger partial charge in [0, 0.05) is 25.4 Å². The van der Waals surface area contributed by atoms with Gasteiger partial charge in [-0.05, 0) is 49.9 Å². The van der Waals surface area contributed by atoms with E-state index in [0.29, 0.717) is 30.5 Å². The highest BCUT2D eigenvalue weighted by Crippen LogP contribution is 2.16. The van der Waals surface area contributed by atoms with Crippen LogP contribution < -0.4 is 15.4 Å². The monoisotopic (exact) mass is 336 g/mol. The fourth-order valence-corrected chi connectivity index (χ4v) is 2.34. The summed E-state index contributed by atoms with van der Waals surface area (Å²) >= 11 is 0. The van der Waals surface area contributed by atoms with Gasteiger partial charge in [-0.1, -0.05) is 0 Å². The van der Waals surface area contributed by atoms with Crippen LogP contribution in [0.2, 0.25) is 0 Å². The van der Waals surface area contributed by atoms with Crippen LogP contribution in [0.3, 0.4) is 0 Å². The number of hydrogen-bond donors (Lipinski definition) is 2. The van der Waals surface area contributed by atoms with Gasteiger partial charge in [0.2, 0.25) is 0 Å². The Labute approximate surface area is 141 Å². The van der Waals surface area contributed by atoms with Gasteiger partial charge in [0.05, 0.1) is 6.61 Å². The Morgan fingerprint density at radius 3 is 2.58 bits per heavy atom. The van der Waals surface area contributed by atoms with E-state index in [-0.39, 0.29) is 12.6 Å². The molecule has 7 heteroatoms. The molecule has 1 aromatic rings. The van der Waals surface area contributed by atoms with E-state index >= 15 is 0 Å². The molecule has 0 atom stereocenters. The van der Waals surface area contributed by atoms with E-state index in [2.05, 4.69) is 10.6 Å². The van der Waals surface area contributed by atoms with Crippen molar-refractivity contribution in [1.29, 1.82) is 0 Å². The molecule has 1 aliphatic heterocycles. The Kier molecular flexibility index (Phi) is 7.35. The Balaban J connectivity index is 1.70. The zero-order valence-corrected chi connectivity index (χ0v) is 13.9. The first-order valence-electron chi connectivity index (χ1n) is 8.18. The van der Waals surface area contributed by atoms with Gasteiger partial charge in [0.25, 0.3) is 0 Å². The van der Waals surface area contributed by atoms with Crippen molar-refractivity contribution in [3.63, 3.8) is 0 Å². The van der Waals surface area contributed by atoms with Gasteiger partial charge >= 0.3 is 12.0 Å². The minimum atomic E-state index is -0.410. The second kappa shape index (κ2) is 9.77. The summed E-state index contributed by atoms with van der Waals surface area (Å²) in [4.78, 5) is 23.1. The third-order valence-electron chi connectivity index (χ3n) is 3.67. The average Bonchev–Trinajstić information content (AvgIpc) is 2.60. The zero-order chi connectivity index (χ0) is 17.2. The first-order chi connectivity index (χ1) is 11.7. The number of benzene rings is 1. The number of rotatable bonds is 7. The molecule has 7 nitrogen and oxygen atoms in total. The predicted octanol–water partition coefficient (Wildman–Crippen LogP) is 2.18. The van der Waals surface area contributed by atoms with E-state index in [1.54, 1.807) is 31.2 Å². The lowest BCUT2D eigenvalue weighted by Crippen LogP contribution is -2.35. The van der Waals surface area contributed by atoms with E-state index in [0.717, 1.165) is 26.1 Å². The smallest absolute Gasteiger partial charge is 0.344 e. The molecule has 2 N–H and O–H groups in total. The molecule has 1 fully saturated rings. The lowest BCUT2D eigenvalue weighted by atomic mass is 10.0. The van der Waals surface area contributed by atoms with Gasteiger partial charge in [-0.25, -0.2) is 9.59 Å². The van der Waals surface area contributed by atoms with E-state index in [4.69, 9.17) is 14.2 Å². The van der Waals surface area contributed by atoms with E-state index < -0.39 is 5.97 Å². The SMILES string of the molecule is CCOC(=O)COc1ccc(NC(=O)NCC2CCOCC2)cc1. The summed E-state index contributed by atoms with van der Waals surface area (Å²) in [6.07, 6.45) is 1.96. The molecule has 132 valence electrons. The summed E-state index contributed by atoms with van der Waals surface area (Å²) in [6.45, 7) is 4.12. The largest absolute Gasteiger partial charge is 0.482 e. The number of hydrogen-bond acceptors (Lipinski definition) is 5. The van der Waals surface area contributed by atoms with Gasteiger partial charge in [-0.15, -0.1) is 0 Å². The number of anilines is 1. The topological polar surface area (TPSA) is 85.9 Å². The fourth-order valence-electron chi connectivity index (χ4n) is 2.34. The van der Waals surface area contributed by atoms with Crippen LogP contribution >= 0.6 is 0 Å². The summed E-state index contributed by atoms with van der Waals surface area (Å²) in [5.41, 5.74) is 0.656. The van der Waals surface area contributed by atoms with Crippen molar-refractivity contribution in [3.8, 4) is 5.75 Å². The molecule has 0 spiro atoms. The van der Waals surface area contributed by atoms with Crippen LogP contribution in [0.5, 0.6) is 5.75 Å². The van der Waals surface area contributed by atoms with Crippen molar-refractivity contribution in [3.05, 3.63) is 24.3 Å². The Morgan fingerprint density at radius 2 is 1.92 bits per heavy atom. The van der Waals surface area contributed by atoms with Gasteiger partial charge in [0.1, 0.15) is 5.75 Å². The molecular weight excluding hydrogens is 312 g/mol. The molecule has 1 saturated heterocycles. The second-order valence-corrected chi connectivity index (χ2v) is 5.51. The highest BCUT2D eigenvalue weighted by molar-refractivity contribution is 5.89. The summed E-state index contributed by atoms with van der Waals surface area (Å²) in [7, 11) is 0. The molecule has 0 saturated carbocycles. The first kappa shape index (κ1) is 18.1. The molecule has 0 aromatic heterocycles. The third-order valence-corrected chi connectivity index (χ3v) is 3.67. The number of carbonyl (C=O) groups excluding carboxylic acids is 2. The van der Waals surface area contributed by atoms with Crippen molar-refractivity contribution in [2.45, 2.75) is 19.8 Å². The highest BCUT2D eigenvalue weighted by Gasteiger charge is 2.14. The fraction of sp³-hybridized carbons (Fsp3) is 0.529. The first-order valence-corrected chi connectivity index (χ1v) is 8.18. The lowest BCUT2D eigenvalue weighted by Gasteiger charge is -2.22. The summed E-state index contributed by atoms with van der Waals surface area (Å²) in [5.74, 6) is 0.603. The minimum Gasteiger partial charge on any atom is -0.482 e. The van der Waals surface area contributed by atoms with Crippen LogP contribution in [0, 0.1) is 5.92 Å². The molecule has 0 bridgehead atoms. The number of amides is 2. The van der Waals surface area contributed by atoms with E-state index in [1.165, 1.54) is 0 Å². The van der Waals surface area contributed by atoms with Crippen LogP contribution in [0.25, 0.3) is 0 Å². The van der Waals surface area contributed by atoms with Crippen molar-refractivity contribution in [2.24, 2.45) is 5.92 Å². The molecule has 2 rings (SSSR count). The van der Waals surface area contributed by atoms with Crippen LogP contribution in [0.4, 0.5) is 10.5 Å². The van der Waals surface area contributed by atoms with Crippen LogP contribution in [-0.2, 0) is 14.3 Å². The number of carbonyl (C=O) groups is 2. The number of esters is 1. The molecule has 0 aliphatic carbocycles. The maximum atomic E-state index is 11.9. The average molecular weight is 336 g/mol. The van der Waals surface area contributed by atoms with Crippen LogP contribution in [-0.4, -0.2) is 45.0 Å². The molecule has 24 heavy (non-hydrogen) atoms. The Morgan fingerprint density at radius 1 is 1.21 bits per heavy atom. The van der Waals surface area contributed by atoms with Crippen LogP contribution in [0.1, 0.15) is 19.8 Å². The van der Waals surface area contributed by atoms with Crippen molar-refractivity contribution >= 4 is 17.7 Å². The van der Waals surface area contributed by atoms with Gasteiger partial charge in [-0.2, -0.15) is 0 Å². The maximum absolute atomic E-state index is 11.9. The lowest BCUT2D eigenvalue weighted by molar-refractivity contribution is -0.145. The molecule has 1 aromatic carbocycles. The second-order valence-electron chi connectivity index (χ2n) is 5.51. The molecule has 0 radical (unpaired) electrons. The van der Waals surface area contributed by atoms with Gasteiger partial charge < -0.3 is 24.8 Å².